The van der Waals surface area contributed by atoms with Gasteiger partial charge in [0.05, 0.1) is 0 Å². The summed E-state index contributed by atoms with van der Waals surface area (Å²) >= 11 is 0. The quantitative estimate of drug-likeness (QED) is 0.916. The van der Waals surface area contributed by atoms with Crippen LogP contribution in [0.2, 0.25) is 0 Å². The van der Waals surface area contributed by atoms with Gasteiger partial charge in [-0.2, -0.15) is 0 Å². The van der Waals surface area contributed by atoms with Gasteiger partial charge in [0.25, 0.3) is 0 Å². The Kier molecular flexibility index (Phi) is 4.06. The van der Waals surface area contributed by atoms with Crippen LogP contribution in [-0.2, 0) is 13.1 Å². The summed E-state index contributed by atoms with van der Waals surface area (Å²) in [5.41, 5.74) is 7.38. The third-order valence-corrected chi connectivity index (χ3v) is 4.97. The van der Waals surface area contributed by atoms with Crippen molar-refractivity contribution in [3.05, 3.63) is 35.1 Å². The largest absolute Gasteiger partial charge is 0.326 e. The highest BCUT2D eigenvalue weighted by Crippen LogP contribution is 2.29. The molecule has 2 unspecified atom stereocenters. The number of rotatable bonds is 3. The molecule has 1 aromatic carbocycles. The van der Waals surface area contributed by atoms with E-state index in [0.29, 0.717) is 11.6 Å². The maximum absolute atomic E-state index is 13.5. The standard InChI is InChI=1S/C16H24FN3/c1-19-14-3-4-15(19)11-20(7-6-14)10-12-2-5-16(17)13(8-12)9-18/h2,5,8,14-15H,3-4,6-7,9-11,18H2,1H3. The highest BCUT2D eigenvalue weighted by Gasteiger charge is 2.34. The highest BCUT2D eigenvalue weighted by atomic mass is 19.1. The second-order valence-electron chi connectivity index (χ2n) is 6.20. The van der Waals surface area contributed by atoms with Crippen LogP contribution in [0, 0.1) is 5.82 Å². The van der Waals surface area contributed by atoms with Gasteiger partial charge in [-0.3, -0.25) is 9.80 Å². The lowest BCUT2D eigenvalue weighted by Gasteiger charge is -2.25. The van der Waals surface area contributed by atoms with Gasteiger partial charge in [-0.05, 0) is 37.9 Å². The molecule has 2 bridgehead atoms. The molecule has 2 atom stereocenters. The van der Waals surface area contributed by atoms with Crippen molar-refractivity contribution in [1.29, 1.82) is 0 Å². The fraction of sp³-hybridized carbons (Fsp3) is 0.625. The molecule has 3 rings (SSSR count). The van der Waals surface area contributed by atoms with Crippen molar-refractivity contribution in [1.82, 2.24) is 9.80 Å². The second-order valence-corrected chi connectivity index (χ2v) is 6.20. The zero-order valence-corrected chi connectivity index (χ0v) is 12.2. The number of fused-ring (bicyclic) bond motifs is 2. The van der Waals surface area contributed by atoms with Gasteiger partial charge in [-0.1, -0.05) is 12.1 Å². The van der Waals surface area contributed by atoms with E-state index in [1.807, 2.05) is 12.1 Å². The third kappa shape index (κ3) is 2.73. The number of hydrogen-bond donors (Lipinski definition) is 1. The van der Waals surface area contributed by atoms with Crippen molar-refractivity contribution < 1.29 is 4.39 Å². The molecule has 2 N–H and O–H groups in total. The third-order valence-electron chi connectivity index (χ3n) is 4.97. The zero-order valence-electron chi connectivity index (χ0n) is 12.2. The number of hydrogen-bond acceptors (Lipinski definition) is 3. The SMILES string of the molecule is CN1C2CCC1CN(Cc1ccc(F)c(CN)c1)CC2. The van der Waals surface area contributed by atoms with Crippen LogP contribution in [0.4, 0.5) is 4.39 Å². The van der Waals surface area contributed by atoms with E-state index in [-0.39, 0.29) is 12.4 Å². The second kappa shape index (κ2) is 5.80. The van der Waals surface area contributed by atoms with E-state index in [4.69, 9.17) is 5.73 Å². The molecule has 0 spiro atoms. The normalized spacial score (nSPS) is 27.8. The minimum atomic E-state index is -0.189. The summed E-state index contributed by atoms with van der Waals surface area (Å²) in [5.74, 6) is -0.189. The summed E-state index contributed by atoms with van der Waals surface area (Å²) in [7, 11) is 2.26. The predicted octanol–water partition coefficient (Wildman–Crippen LogP) is 1.95. The Hall–Kier alpha value is -0.970. The Morgan fingerprint density at radius 2 is 2.05 bits per heavy atom. The Labute approximate surface area is 120 Å². The number of likely N-dealkylation sites (tertiary alicyclic amines) is 1. The number of likely N-dealkylation sites (N-methyl/N-ethyl adjacent to an activating group) is 1. The molecule has 2 aliphatic rings. The van der Waals surface area contributed by atoms with Crippen molar-refractivity contribution in [3.63, 3.8) is 0 Å². The van der Waals surface area contributed by atoms with Crippen molar-refractivity contribution >= 4 is 0 Å². The van der Waals surface area contributed by atoms with Crippen molar-refractivity contribution in [2.45, 2.75) is 44.4 Å². The van der Waals surface area contributed by atoms with Gasteiger partial charge in [0, 0.05) is 43.8 Å². The monoisotopic (exact) mass is 277 g/mol. The first-order valence-electron chi connectivity index (χ1n) is 7.59. The summed E-state index contributed by atoms with van der Waals surface area (Å²) in [4.78, 5) is 5.06. The molecule has 110 valence electrons. The van der Waals surface area contributed by atoms with Crippen LogP contribution in [0.1, 0.15) is 30.4 Å². The molecule has 2 aliphatic heterocycles. The fourth-order valence-electron chi connectivity index (χ4n) is 3.66. The van der Waals surface area contributed by atoms with E-state index in [1.165, 1.54) is 24.8 Å². The molecule has 0 aliphatic carbocycles. The summed E-state index contributed by atoms with van der Waals surface area (Å²) in [6.07, 6.45) is 3.91. The zero-order chi connectivity index (χ0) is 14.1. The maximum Gasteiger partial charge on any atom is 0.127 e. The average Bonchev–Trinajstić information content (AvgIpc) is 2.69. The highest BCUT2D eigenvalue weighted by molar-refractivity contribution is 5.25. The Morgan fingerprint density at radius 3 is 2.85 bits per heavy atom. The van der Waals surface area contributed by atoms with Crippen molar-refractivity contribution in [2.24, 2.45) is 5.73 Å². The first kappa shape index (κ1) is 14.0. The number of nitrogens with zero attached hydrogens (tertiary/aromatic N) is 2. The topological polar surface area (TPSA) is 32.5 Å². The molecule has 0 aromatic heterocycles. The first-order valence-corrected chi connectivity index (χ1v) is 7.59. The molecule has 20 heavy (non-hydrogen) atoms. The lowest BCUT2D eigenvalue weighted by atomic mass is 10.1. The van der Waals surface area contributed by atoms with Gasteiger partial charge in [0.2, 0.25) is 0 Å². The molecular weight excluding hydrogens is 253 g/mol. The maximum atomic E-state index is 13.5. The van der Waals surface area contributed by atoms with E-state index in [0.717, 1.165) is 25.7 Å². The lowest BCUT2D eigenvalue weighted by molar-refractivity contribution is 0.214. The Bertz CT molecular complexity index is 477. The van der Waals surface area contributed by atoms with Crippen LogP contribution < -0.4 is 5.73 Å². The van der Waals surface area contributed by atoms with Gasteiger partial charge >= 0.3 is 0 Å². The van der Waals surface area contributed by atoms with Crippen molar-refractivity contribution in [2.75, 3.05) is 20.1 Å². The summed E-state index contributed by atoms with van der Waals surface area (Å²) < 4.78 is 13.5. The molecular formula is C16H24FN3. The molecule has 2 saturated heterocycles. The van der Waals surface area contributed by atoms with E-state index >= 15 is 0 Å². The Balaban J connectivity index is 1.69. The van der Waals surface area contributed by atoms with E-state index in [1.54, 1.807) is 6.07 Å². The van der Waals surface area contributed by atoms with E-state index < -0.39 is 0 Å². The lowest BCUT2D eigenvalue weighted by Crippen LogP contribution is -2.36. The minimum Gasteiger partial charge on any atom is -0.326 e. The van der Waals surface area contributed by atoms with Crippen LogP contribution in [0.15, 0.2) is 18.2 Å². The minimum absolute atomic E-state index is 0.189. The first-order chi connectivity index (χ1) is 9.67. The van der Waals surface area contributed by atoms with Gasteiger partial charge < -0.3 is 5.73 Å². The molecule has 0 saturated carbocycles. The summed E-state index contributed by atoms with van der Waals surface area (Å²) in [6, 6.07) is 6.81. The average molecular weight is 277 g/mol. The van der Waals surface area contributed by atoms with E-state index in [9.17, 15) is 4.39 Å². The van der Waals surface area contributed by atoms with Crippen molar-refractivity contribution in [3.8, 4) is 0 Å². The molecule has 3 nitrogen and oxygen atoms in total. The molecule has 1 aromatic rings. The van der Waals surface area contributed by atoms with Gasteiger partial charge in [0.15, 0.2) is 0 Å². The predicted molar refractivity (Wildman–Crippen MR) is 78.8 cm³/mol. The fourth-order valence-corrected chi connectivity index (χ4v) is 3.66. The Morgan fingerprint density at radius 1 is 1.25 bits per heavy atom. The number of nitrogens with two attached hydrogens (primary N) is 1. The molecule has 0 amide bonds. The van der Waals surface area contributed by atoms with Gasteiger partial charge in [-0.25, -0.2) is 4.39 Å². The van der Waals surface area contributed by atoms with Gasteiger partial charge in [-0.15, -0.1) is 0 Å². The molecule has 2 fully saturated rings. The molecule has 2 heterocycles. The smallest absolute Gasteiger partial charge is 0.127 e. The van der Waals surface area contributed by atoms with Crippen LogP contribution in [0.3, 0.4) is 0 Å². The molecule has 4 heteroatoms. The van der Waals surface area contributed by atoms with Crippen LogP contribution >= 0.6 is 0 Å². The van der Waals surface area contributed by atoms with Crippen LogP contribution in [-0.4, -0.2) is 42.0 Å². The number of benzene rings is 1. The van der Waals surface area contributed by atoms with Crippen LogP contribution in [0.5, 0.6) is 0 Å². The molecule has 0 radical (unpaired) electrons. The van der Waals surface area contributed by atoms with E-state index in [2.05, 4.69) is 16.8 Å². The van der Waals surface area contributed by atoms with Crippen LogP contribution in [0.25, 0.3) is 0 Å². The summed E-state index contributed by atoms with van der Waals surface area (Å²) in [5, 5.41) is 0. The summed E-state index contributed by atoms with van der Waals surface area (Å²) in [6.45, 7) is 3.45. The van der Waals surface area contributed by atoms with Gasteiger partial charge in [0.1, 0.15) is 5.82 Å². The number of halogens is 1.